The van der Waals surface area contributed by atoms with Crippen molar-refractivity contribution in [1.82, 2.24) is 4.90 Å². The fourth-order valence-electron chi connectivity index (χ4n) is 2.10. The Labute approximate surface area is 101 Å². The number of Topliss-reactive ketones (excluding diaryl/α,β-unsaturated/α-hetero) is 1. The first-order valence-electron chi connectivity index (χ1n) is 5.98. The molecule has 2 saturated heterocycles. The number of carbonyl (C=O) groups is 2. The zero-order valence-electron chi connectivity index (χ0n) is 10.6. The van der Waals surface area contributed by atoms with Gasteiger partial charge in [-0.05, 0) is 27.2 Å². The van der Waals surface area contributed by atoms with Crippen molar-refractivity contribution in [3.63, 3.8) is 0 Å². The molecule has 0 radical (unpaired) electrons. The normalized spacial score (nSPS) is 23.5. The van der Waals surface area contributed by atoms with Crippen LogP contribution in [0.15, 0.2) is 0 Å². The third-order valence-electron chi connectivity index (χ3n) is 2.98. The molecule has 2 aliphatic rings. The third kappa shape index (κ3) is 2.44. The van der Waals surface area contributed by atoms with Crippen LogP contribution in [0.2, 0.25) is 0 Å². The van der Waals surface area contributed by atoms with E-state index in [0.29, 0.717) is 26.1 Å². The van der Waals surface area contributed by atoms with Crippen molar-refractivity contribution >= 4 is 11.9 Å². The summed E-state index contributed by atoms with van der Waals surface area (Å²) in [4.78, 5) is 25.0. The van der Waals surface area contributed by atoms with Crippen molar-refractivity contribution in [2.75, 3.05) is 19.7 Å². The summed E-state index contributed by atoms with van der Waals surface area (Å²) in [6, 6.07) is 0. The summed E-state index contributed by atoms with van der Waals surface area (Å²) < 4.78 is 10.8. The number of rotatable bonds is 0. The number of carbonyl (C=O) groups excluding carboxylic acids is 2. The number of ether oxygens (including phenoxy) is 2. The molecule has 0 saturated carbocycles. The second kappa shape index (κ2) is 3.98. The Morgan fingerprint density at radius 1 is 1.41 bits per heavy atom. The number of hydrogen-bond donors (Lipinski definition) is 0. The molecule has 0 bridgehead atoms. The van der Waals surface area contributed by atoms with Gasteiger partial charge in [0.05, 0.1) is 13.1 Å². The van der Waals surface area contributed by atoms with Crippen molar-refractivity contribution in [2.45, 2.75) is 44.8 Å². The SMILES string of the molecule is CC(C)(C)OC(=O)N1CC2(C1)OCCCC2=O. The van der Waals surface area contributed by atoms with E-state index in [0.717, 1.165) is 6.42 Å². The Morgan fingerprint density at radius 3 is 2.59 bits per heavy atom. The Kier molecular flexibility index (Phi) is 2.89. The molecule has 0 aromatic heterocycles. The molecule has 5 heteroatoms. The second-order valence-corrected chi connectivity index (χ2v) is 5.71. The highest BCUT2D eigenvalue weighted by molar-refractivity contribution is 5.91. The lowest BCUT2D eigenvalue weighted by atomic mass is 9.85. The smallest absolute Gasteiger partial charge is 0.410 e. The van der Waals surface area contributed by atoms with E-state index in [2.05, 4.69) is 0 Å². The number of ketones is 1. The van der Waals surface area contributed by atoms with Gasteiger partial charge in [0.25, 0.3) is 0 Å². The van der Waals surface area contributed by atoms with Crippen LogP contribution >= 0.6 is 0 Å². The number of likely N-dealkylation sites (tertiary alicyclic amines) is 1. The minimum Gasteiger partial charge on any atom is -0.444 e. The van der Waals surface area contributed by atoms with E-state index in [1.54, 1.807) is 0 Å². The molecule has 1 amide bonds. The molecule has 2 rings (SSSR count). The molecule has 0 N–H and O–H groups in total. The van der Waals surface area contributed by atoms with Gasteiger partial charge in [-0.2, -0.15) is 0 Å². The van der Waals surface area contributed by atoms with E-state index in [9.17, 15) is 9.59 Å². The van der Waals surface area contributed by atoms with Gasteiger partial charge >= 0.3 is 6.09 Å². The summed E-state index contributed by atoms with van der Waals surface area (Å²) in [5.74, 6) is 0.114. The molecular weight excluding hydrogens is 222 g/mol. The van der Waals surface area contributed by atoms with Gasteiger partial charge < -0.3 is 14.4 Å². The number of nitrogens with zero attached hydrogens (tertiary/aromatic N) is 1. The van der Waals surface area contributed by atoms with Gasteiger partial charge in [-0.25, -0.2) is 4.79 Å². The maximum absolute atomic E-state index is 11.7. The van der Waals surface area contributed by atoms with Crippen LogP contribution in [0.4, 0.5) is 4.79 Å². The molecule has 0 aromatic carbocycles. The van der Waals surface area contributed by atoms with Crippen LogP contribution in [-0.4, -0.2) is 47.7 Å². The molecule has 17 heavy (non-hydrogen) atoms. The van der Waals surface area contributed by atoms with Gasteiger partial charge in [0.1, 0.15) is 5.60 Å². The monoisotopic (exact) mass is 241 g/mol. The molecule has 96 valence electrons. The highest BCUT2D eigenvalue weighted by Crippen LogP contribution is 2.32. The molecule has 0 aliphatic carbocycles. The molecule has 0 unspecified atom stereocenters. The standard InChI is InChI=1S/C12H19NO4/c1-11(2,3)17-10(15)13-7-12(8-13)9(14)5-4-6-16-12/h4-8H2,1-3H3. The summed E-state index contributed by atoms with van der Waals surface area (Å²) in [6.07, 6.45) is 0.972. The van der Waals surface area contributed by atoms with Crippen molar-refractivity contribution < 1.29 is 19.1 Å². The predicted octanol–water partition coefficient (Wildman–Crippen LogP) is 1.36. The number of hydrogen-bond acceptors (Lipinski definition) is 4. The van der Waals surface area contributed by atoms with E-state index in [1.807, 2.05) is 20.8 Å². The highest BCUT2D eigenvalue weighted by Gasteiger charge is 2.53. The third-order valence-corrected chi connectivity index (χ3v) is 2.98. The van der Waals surface area contributed by atoms with Crippen LogP contribution in [0.25, 0.3) is 0 Å². The Morgan fingerprint density at radius 2 is 2.06 bits per heavy atom. The summed E-state index contributed by atoms with van der Waals surface area (Å²) in [7, 11) is 0. The number of amides is 1. The zero-order valence-corrected chi connectivity index (χ0v) is 10.6. The van der Waals surface area contributed by atoms with E-state index < -0.39 is 11.2 Å². The van der Waals surface area contributed by atoms with Crippen LogP contribution < -0.4 is 0 Å². The van der Waals surface area contributed by atoms with Gasteiger partial charge in [0, 0.05) is 13.0 Å². The van der Waals surface area contributed by atoms with E-state index in [-0.39, 0.29) is 11.9 Å². The molecule has 5 nitrogen and oxygen atoms in total. The van der Waals surface area contributed by atoms with Crippen LogP contribution in [0.5, 0.6) is 0 Å². The maximum atomic E-state index is 11.7. The van der Waals surface area contributed by atoms with Crippen molar-refractivity contribution in [2.24, 2.45) is 0 Å². The molecule has 2 aliphatic heterocycles. The quantitative estimate of drug-likeness (QED) is 0.642. The minimum atomic E-state index is -0.727. The first-order valence-corrected chi connectivity index (χ1v) is 5.98. The van der Waals surface area contributed by atoms with E-state index >= 15 is 0 Å². The zero-order chi connectivity index (χ0) is 12.7. The first-order chi connectivity index (χ1) is 7.82. The Balaban J connectivity index is 1.89. The van der Waals surface area contributed by atoms with Gasteiger partial charge in [-0.3, -0.25) is 4.79 Å². The topological polar surface area (TPSA) is 55.8 Å². The maximum Gasteiger partial charge on any atom is 0.410 e. The summed E-state index contributed by atoms with van der Waals surface area (Å²) in [5, 5.41) is 0. The minimum absolute atomic E-state index is 0.114. The molecule has 0 atom stereocenters. The van der Waals surface area contributed by atoms with Gasteiger partial charge in [0.15, 0.2) is 11.4 Å². The molecular formula is C12H19NO4. The molecule has 0 aromatic rings. The largest absolute Gasteiger partial charge is 0.444 e. The van der Waals surface area contributed by atoms with Crippen molar-refractivity contribution in [1.29, 1.82) is 0 Å². The van der Waals surface area contributed by atoms with Crippen LogP contribution in [0, 0.1) is 0 Å². The molecule has 2 fully saturated rings. The lowest BCUT2D eigenvalue weighted by Crippen LogP contribution is -2.70. The summed E-state index contributed by atoms with van der Waals surface area (Å²) >= 11 is 0. The Bertz CT molecular complexity index is 339. The lowest BCUT2D eigenvalue weighted by Gasteiger charge is -2.49. The first kappa shape index (κ1) is 12.4. The van der Waals surface area contributed by atoms with Crippen molar-refractivity contribution in [3.05, 3.63) is 0 Å². The Hall–Kier alpha value is -1.10. The van der Waals surface area contributed by atoms with Gasteiger partial charge in [-0.15, -0.1) is 0 Å². The lowest BCUT2D eigenvalue weighted by molar-refractivity contribution is -0.178. The predicted molar refractivity (Wildman–Crippen MR) is 60.7 cm³/mol. The van der Waals surface area contributed by atoms with Crippen LogP contribution in [0.1, 0.15) is 33.6 Å². The summed E-state index contributed by atoms with van der Waals surface area (Å²) in [5.41, 5.74) is -1.23. The van der Waals surface area contributed by atoms with E-state index in [1.165, 1.54) is 4.90 Å². The highest BCUT2D eigenvalue weighted by atomic mass is 16.6. The average Bonchev–Trinajstić information content (AvgIpc) is 2.12. The second-order valence-electron chi connectivity index (χ2n) is 5.71. The molecule has 2 heterocycles. The average molecular weight is 241 g/mol. The summed E-state index contributed by atoms with van der Waals surface area (Å²) in [6.45, 7) is 6.74. The fourth-order valence-corrected chi connectivity index (χ4v) is 2.10. The van der Waals surface area contributed by atoms with Crippen LogP contribution in [0.3, 0.4) is 0 Å². The van der Waals surface area contributed by atoms with Gasteiger partial charge in [0.2, 0.25) is 0 Å². The van der Waals surface area contributed by atoms with Crippen molar-refractivity contribution in [3.8, 4) is 0 Å². The fraction of sp³-hybridized carbons (Fsp3) is 0.833. The van der Waals surface area contributed by atoms with E-state index in [4.69, 9.17) is 9.47 Å². The van der Waals surface area contributed by atoms with Gasteiger partial charge in [-0.1, -0.05) is 0 Å². The molecule has 1 spiro atoms. The van der Waals surface area contributed by atoms with Crippen LogP contribution in [-0.2, 0) is 14.3 Å².